The monoisotopic (exact) mass is 306 g/mol. The number of halogens is 1. The average molecular weight is 307 g/mol. The summed E-state index contributed by atoms with van der Waals surface area (Å²) in [5.41, 5.74) is 3.10. The van der Waals surface area contributed by atoms with E-state index in [1.807, 2.05) is 18.2 Å². The molecule has 0 spiro atoms. The van der Waals surface area contributed by atoms with Crippen LogP contribution in [0.5, 0.6) is 0 Å². The van der Waals surface area contributed by atoms with Crippen molar-refractivity contribution in [1.82, 2.24) is 4.98 Å². The standard InChI is InChI=1S/C15H15ClN2OS/c16-15-18-9-10(20-15)8-17-13-6-3-5-12-11(13)4-1-2-7-14(12)19/h3,5-6,9,17H,1-2,4,7-8H2. The number of rotatable bonds is 3. The second-order valence-electron chi connectivity index (χ2n) is 4.90. The fourth-order valence-corrected chi connectivity index (χ4v) is 3.47. The van der Waals surface area contributed by atoms with Crippen molar-refractivity contribution < 1.29 is 4.79 Å². The van der Waals surface area contributed by atoms with E-state index in [-0.39, 0.29) is 5.78 Å². The lowest BCUT2D eigenvalue weighted by Crippen LogP contribution is -2.06. The predicted molar refractivity (Wildman–Crippen MR) is 82.8 cm³/mol. The van der Waals surface area contributed by atoms with Gasteiger partial charge in [-0.05, 0) is 30.9 Å². The van der Waals surface area contributed by atoms with Gasteiger partial charge >= 0.3 is 0 Å². The van der Waals surface area contributed by atoms with E-state index in [0.717, 1.165) is 41.0 Å². The van der Waals surface area contributed by atoms with Crippen LogP contribution in [-0.2, 0) is 13.0 Å². The van der Waals surface area contributed by atoms with Crippen LogP contribution in [0.2, 0.25) is 4.47 Å². The number of hydrogen-bond donors (Lipinski definition) is 1. The Bertz CT molecular complexity index is 639. The summed E-state index contributed by atoms with van der Waals surface area (Å²) in [4.78, 5) is 17.2. The number of ketones is 1. The Balaban J connectivity index is 1.83. The maximum atomic E-state index is 12.1. The highest BCUT2D eigenvalue weighted by molar-refractivity contribution is 7.15. The van der Waals surface area contributed by atoms with Gasteiger partial charge in [0.05, 0.1) is 6.54 Å². The minimum atomic E-state index is 0.266. The van der Waals surface area contributed by atoms with Crippen molar-refractivity contribution in [2.75, 3.05) is 5.32 Å². The van der Waals surface area contributed by atoms with E-state index in [1.165, 1.54) is 11.3 Å². The third-order valence-corrected chi connectivity index (χ3v) is 4.65. The fourth-order valence-electron chi connectivity index (χ4n) is 2.55. The lowest BCUT2D eigenvalue weighted by molar-refractivity contribution is 0.0982. The first-order chi connectivity index (χ1) is 9.74. The van der Waals surface area contributed by atoms with Gasteiger partial charge in [-0.3, -0.25) is 4.79 Å². The van der Waals surface area contributed by atoms with Crippen molar-refractivity contribution in [3.63, 3.8) is 0 Å². The number of nitrogens with one attached hydrogen (secondary N) is 1. The maximum Gasteiger partial charge on any atom is 0.183 e. The SMILES string of the molecule is O=C1CCCCc2c(NCc3cnc(Cl)s3)cccc21. The summed E-state index contributed by atoms with van der Waals surface area (Å²) in [5.74, 6) is 0.266. The molecule has 0 bridgehead atoms. The number of hydrogen-bond acceptors (Lipinski definition) is 4. The summed E-state index contributed by atoms with van der Waals surface area (Å²) in [5, 5.41) is 3.41. The van der Waals surface area contributed by atoms with Crippen LogP contribution in [0.4, 0.5) is 5.69 Å². The third-order valence-electron chi connectivity index (χ3n) is 3.54. The lowest BCUT2D eigenvalue weighted by Gasteiger charge is -2.13. The molecule has 104 valence electrons. The Morgan fingerprint density at radius 2 is 2.15 bits per heavy atom. The second-order valence-corrected chi connectivity index (χ2v) is 6.59. The van der Waals surface area contributed by atoms with E-state index >= 15 is 0 Å². The summed E-state index contributed by atoms with van der Waals surface area (Å²) >= 11 is 7.31. The summed E-state index contributed by atoms with van der Waals surface area (Å²) in [6.07, 6.45) is 5.47. The second kappa shape index (κ2) is 5.94. The zero-order valence-electron chi connectivity index (χ0n) is 11.0. The summed E-state index contributed by atoms with van der Waals surface area (Å²) in [6, 6.07) is 5.93. The molecular formula is C15H15ClN2OS. The molecule has 0 saturated carbocycles. The van der Waals surface area contributed by atoms with Crippen molar-refractivity contribution in [1.29, 1.82) is 0 Å². The quantitative estimate of drug-likeness (QED) is 0.859. The number of carbonyl (C=O) groups is 1. The minimum absolute atomic E-state index is 0.266. The van der Waals surface area contributed by atoms with Gasteiger partial charge in [-0.15, -0.1) is 11.3 Å². The van der Waals surface area contributed by atoms with E-state index < -0.39 is 0 Å². The first-order valence-electron chi connectivity index (χ1n) is 6.73. The molecule has 1 N–H and O–H groups in total. The van der Waals surface area contributed by atoms with E-state index in [0.29, 0.717) is 17.4 Å². The Labute approximate surface area is 127 Å². The van der Waals surface area contributed by atoms with Crippen molar-refractivity contribution in [2.24, 2.45) is 0 Å². The number of anilines is 1. The molecule has 0 saturated heterocycles. The highest BCUT2D eigenvalue weighted by atomic mass is 35.5. The smallest absolute Gasteiger partial charge is 0.183 e. The Morgan fingerprint density at radius 1 is 1.30 bits per heavy atom. The molecule has 3 nitrogen and oxygen atoms in total. The average Bonchev–Trinajstić information content (AvgIpc) is 2.77. The molecule has 1 aliphatic carbocycles. The van der Waals surface area contributed by atoms with Gasteiger partial charge < -0.3 is 5.32 Å². The first kappa shape index (κ1) is 13.6. The van der Waals surface area contributed by atoms with Crippen LogP contribution in [0.25, 0.3) is 0 Å². The van der Waals surface area contributed by atoms with Gasteiger partial charge in [0.25, 0.3) is 0 Å². The van der Waals surface area contributed by atoms with Gasteiger partial charge in [-0.1, -0.05) is 23.7 Å². The van der Waals surface area contributed by atoms with Gasteiger partial charge in [0, 0.05) is 28.7 Å². The predicted octanol–water partition coefficient (Wildman–Crippen LogP) is 4.32. The van der Waals surface area contributed by atoms with Crippen LogP contribution >= 0.6 is 22.9 Å². The van der Waals surface area contributed by atoms with E-state index in [4.69, 9.17) is 11.6 Å². The van der Waals surface area contributed by atoms with Crippen molar-refractivity contribution in [2.45, 2.75) is 32.2 Å². The number of nitrogens with zero attached hydrogens (tertiary/aromatic N) is 1. The highest BCUT2D eigenvalue weighted by Gasteiger charge is 2.17. The van der Waals surface area contributed by atoms with Crippen LogP contribution in [0.15, 0.2) is 24.4 Å². The number of thiazole rings is 1. The summed E-state index contributed by atoms with van der Waals surface area (Å²) < 4.78 is 0.559. The molecule has 0 atom stereocenters. The number of benzene rings is 1. The van der Waals surface area contributed by atoms with Gasteiger partial charge in [-0.2, -0.15) is 0 Å². The number of carbonyl (C=O) groups excluding carboxylic acids is 1. The number of fused-ring (bicyclic) bond motifs is 1. The Morgan fingerprint density at radius 3 is 2.95 bits per heavy atom. The van der Waals surface area contributed by atoms with Crippen LogP contribution < -0.4 is 5.32 Å². The topological polar surface area (TPSA) is 42.0 Å². The first-order valence-corrected chi connectivity index (χ1v) is 7.92. The third kappa shape index (κ3) is 2.86. The molecule has 1 aliphatic rings. The Hall–Kier alpha value is -1.39. The summed E-state index contributed by atoms with van der Waals surface area (Å²) in [6.45, 7) is 0.690. The lowest BCUT2D eigenvalue weighted by atomic mass is 10.00. The fraction of sp³-hybridized carbons (Fsp3) is 0.333. The van der Waals surface area contributed by atoms with Crippen LogP contribution in [-0.4, -0.2) is 10.8 Å². The normalized spacial score (nSPS) is 14.8. The molecule has 1 aromatic heterocycles. The molecule has 20 heavy (non-hydrogen) atoms. The van der Waals surface area contributed by atoms with Gasteiger partial charge in [-0.25, -0.2) is 4.98 Å². The largest absolute Gasteiger partial charge is 0.380 e. The highest BCUT2D eigenvalue weighted by Crippen LogP contribution is 2.28. The zero-order chi connectivity index (χ0) is 13.9. The van der Waals surface area contributed by atoms with Gasteiger partial charge in [0.1, 0.15) is 0 Å². The molecular weight excluding hydrogens is 292 g/mol. The molecule has 2 aromatic rings. The molecule has 3 rings (SSSR count). The zero-order valence-corrected chi connectivity index (χ0v) is 12.6. The van der Waals surface area contributed by atoms with Crippen LogP contribution in [0, 0.1) is 0 Å². The van der Waals surface area contributed by atoms with E-state index in [1.54, 1.807) is 6.20 Å². The van der Waals surface area contributed by atoms with Crippen molar-refractivity contribution in [3.8, 4) is 0 Å². The molecule has 5 heteroatoms. The number of Topliss-reactive ketones (excluding diaryl/α,β-unsaturated/α-hetero) is 1. The Kier molecular flexibility index (Phi) is 4.03. The van der Waals surface area contributed by atoms with E-state index in [2.05, 4.69) is 10.3 Å². The van der Waals surface area contributed by atoms with E-state index in [9.17, 15) is 4.79 Å². The number of aromatic nitrogens is 1. The van der Waals surface area contributed by atoms with Crippen molar-refractivity contribution in [3.05, 3.63) is 44.9 Å². The molecule has 0 radical (unpaired) electrons. The van der Waals surface area contributed by atoms with Crippen LogP contribution in [0.3, 0.4) is 0 Å². The molecule has 0 aliphatic heterocycles. The maximum absolute atomic E-state index is 12.1. The van der Waals surface area contributed by atoms with Crippen LogP contribution in [0.1, 0.15) is 40.1 Å². The molecule has 0 unspecified atom stereocenters. The molecule has 0 fully saturated rings. The summed E-state index contributed by atoms with van der Waals surface area (Å²) in [7, 11) is 0. The van der Waals surface area contributed by atoms with Gasteiger partial charge in [0.15, 0.2) is 10.3 Å². The molecule has 1 heterocycles. The molecule has 1 aromatic carbocycles. The van der Waals surface area contributed by atoms with Crippen molar-refractivity contribution >= 4 is 34.4 Å². The molecule has 0 amide bonds. The van der Waals surface area contributed by atoms with Gasteiger partial charge in [0.2, 0.25) is 0 Å². The minimum Gasteiger partial charge on any atom is -0.380 e.